The summed E-state index contributed by atoms with van der Waals surface area (Å²) in [6, 6.07) is 9.74. The molecule has 4 aromatic rings. The van der Waals surface area contributed by atoms with E-state index in [-0.39, 0.29) is 4.90 Å². The maximum atomic E-state index is 11.4. The zero-order valence-corrected chi connectivity index (χ0v) is 18.6. The van der Waals surface area contributed by atoms with E-state index in [2.05, 4.69) is 31.8 Å². The molecule has 1 aromatic carbocycles. The van der Waals surface area contributed by atoms with E-state index in [4.69, 9.17) is 16.7 Å². The Labute approximate surface area is 185 Å². The van der Waals surface area contributed by atoms with Crippen LogP contribution < -0.4 is 10.5 Å². The van der Waals surface area contributed by atoms with Crippen LogP contribution in [0.2, 0.25) is 5.15 Å². The molecule has 0 amide bonds. The van der Waals surface area contributed by atoms with Crippen LogP contribution in [0.15, 0.2) is 53.7 Å². The molecule has 0 radical (unpaired) electrons. The fraction of sp³-hybridized carbons (Fsp3) is 0.190. The summed E-state index contributed by atoms with van der Waals surface area (Å²) < 4.78 is 25.0. The molecule has 0 atom stereocenters. The summed E-state index contributed by atoms with van der Waals surface area (Å²) in [4.78, 5) is 13.5. The first-order valence-corrected chi connectivity index (χ1v) is 11.6. The second kappa shape index (κ2) is 8.26. The average molecular weight is 457 g/mol. The van der Waals surface area contributed by atoms with Gasteiger partial charge in [-0.2, -0.15) is 0 Å². The largest absolute Gasteiger partial charge is 0.345 e. The number of aromatic nitrogens is 4. The average Bonchev–Trinajstić information content (AvgIpc) is 3.07. The van der Waals surface area contributed by atoms with Crippen molar-refractivity contribution >= 4 is 44.3 Å². The van der Waals surface area contributed by atoms with Crippen molar-refractivity contribution in [2.24, 2.45) is 5.14 Å². The van der Waals surface area contributed by atoms with Gasteiger partial charge in [0.1, 0.15) is 5.15 Å². The normalized spacial score (nSPS) is 11.7. The lowest BCUT2D eigenvalue weighted by Crippen LogP contribution is -2.11. The van der Waals surface area contributed by atoms with E-state index in [1.54, 1.807) is 18.3 Å². The number of fused-ring (bicyclic) bond motifs is 1. The fourth-order valence-electron chi connectivity index (χ4n) is 3.49. The standard InChI is InChI=1S/C21H21ClN6O2S/c1-3-10-28-12-16(19-20(28)13(2)11-18(22)27-19)17-8-9-24-21(26-17)25-14-4-6-15(7-5-14)31(23,29)30/h4-9,11-12H,3,10H2,1-2H3,(H2,23,29,30)(H,24,25,26). The Kier molecular flexibility index (Phi) is 5.65. The molecule has 31 heavy (non-hydrogen) atoms. The van der Waals surface area contributed by atoms with Gasteiger partial charge in [-0.15, -0.1) is 0 Å². The van der Waals surface area contributed by atoms with E-state index >= 15 is 0 Å². The Bertz CT molecular complexity index is 1370. The number of benzene rings is 1. The number of nitrogens with two attached hydrogens (primary N) is 1. The lowest BCUT2D eigenvalue weighted by molar-refractivity contribution is 0.598. The lowest BCUT2D eigenvalue weighted by Gasteiger charge is -2.07. The molecule has 3 N–H and O–H groups in total. The van der Waals surface area contributed by atoms with Gasteiger partial charge in [-0.3, -0.25) is 0 Å². The second-order valence-electron chi connectivity index (χ2n) is 7.16. The highest BCUT2D eigenvalue weighted by atomic mass is 35.5. The smallest absolute Gasteiger partial charge is 0.238 e. The minimum atomic E-state index is -3.74. The van der Waals surface area contributed by atoms with Gasteiger partial charge in [0.25, 0.3) is 0 Å². The molecule has 0 unspecified atom stereocenters. The molecular formula is C21H21ClN6O2S. The zero-order valence-electron chi connectivity index (χ0n) is 17.0. The third kappa shape index (κ3) is 4.39. The van der Waals surface area contributed by atoms with E-state index in [0.29, 0.717) is 22.5 Å². The highest BCUT2D eigenvalue weighted by Crippen LogP contribution is 2.32. The quantitative estimate of drug-likeness (QED) is 0.419. The molecule has 0 aliphatic carbocycles. The first-order valence-electron chi connectivity index (χ1n) is 9.65. The number of nitrogens with one attached hydrogen (secondary N) is 1. The summed E-state index contributed by atoms with van der Waals surface area (Å²) in [6.07, 6.45) is 4.68. The van der Waals surface area contributed by atoms with Gasteiger partial charge >= 0.3 is 0 Å². The molecule has 0 saturated carbocycles. The first-order chi connectivity index (χ1) is 14.8. The maximum Gasteiger partial charge on any atom is 0.238 e. The molecule has 4 rings (SSSR count). The minimum Gasteiger partial charge on any atom is -0.345 e. The van der Waals surface area contributed by atoms with Crippen LogP contribution in [-0.2, 0) is 16.6 Å². The Balaban J connectivity index is 1.72. The Morgan fingerprint density at radius 1 is 1.16 bits per heavy atom. The van der Waals surface area contributed by atoms with Gasteiger partial charge in [-0.05, 0) is 55.3 Å². The molecule has 0 aliphatic heterocycles. The van der Waals surface area contributed by atoms with E-state index in [9.17, 15) is 8.42 Å². The van der Waals surface area contributed by atoms with Crippen molar-refractivity contribution in [3.63, 3.8) is 0 Å². The number of aryl methyl sites for hydroxylation is 2. The number of rotatable bonds is 6. The number of pyridine rings is 1. The zero-order chi connectivity index (χ0) is 22.2. The number of primary sulfonamides is 1. The van der Waals surface area contributed by atoms with E-state index in [0.717, 1.165) is 35.1 Å². The highest BCUT2D eigenvalue weighted by molar-refractivity contribution is 7.89. The van der Waals surface area contributed by atoms with Crippen molar-refractivity contribution in [3.05, 3.63) is 59.5 Å². The number of hydrogen-bond acceptors (Lipinski definition) is 6. The van der Waals surface area contributed by atoms with Crippen LogP contribution in [0.5, 0.6) is 0 Å². The fourth-order valence-corrected chi connectivity index (χ4v) is 4.25. The second-order valence-corrected chi connectivity index (χ2v) is 9.10. The molecule has 10 heteroatoms. The third-order valence-corrected chi connectivity index (χ3v) is 5.94. The van der Waals surface area contributed by atoms with Crippen molar-refractivity contribution < 1.29 is 8.42 Å². The number of anilines is 2. The summed E-state index contributed by atoms with van der Waals surface area (Å²) in [5.74, 6) is 0.371. The molecule has 0 fully saturated rings. The summed E-state index contributed by atoms with van der Waals surface area (Å²) in [5, 5.41) is 8.66. The SMILES string of the molecule is CCCn1cc(-c2ccnc(Nc3ccc(S(N)(=O)=O)cc3)n2)c2nc(Cl)cc(C)c21. The number of nitrogens with zero attached hydrogens (tertiary/aromatic N) is 4. The Hall–Kier alpha value is -3.01. The van der Waals surface area contributed by atoms with Crippen molar-refractivity contribution in [2.45, 2.75) is 31.7 Å². The van der Waals surface area contributed by atoms with Crippen LogP contribution in [0.1, 0.15) is 18.9 Å². The summed E-state index contributed by atoms with van der Waals surface area (Å²) in [7, 11) is -3.74. The number of sulfonamides is 1. The van der Waals surface area contributed by atoms with Crippen LogP contribution >= 0.6 is 11.6 Å². The molecule has 0 saturated heterocycles. The predicted molar refractivity (Wildman–Crippen MR) is 122 cm³/mol. The van der Waals surface area contributed by atoms with Gasteiger partial charge in [0, 0.05) is 30.2 Å². The van der Waals surface area contributed by atoms with Crippen molar-refractivity contribution in [3.8, 4) is 11.3 Å². The summed E-state index contributed by atoms with van der Waals surface area (Å²) in [6.45, 7) is 5.00. The number of halogens is 1. The van der Waals surface area contributed by atoms with Crippen molar-refractivity contribution in [1.29, 1.82) is 0 Å². The molecule has 3 aromatic heterocycles. The predicted octanol–water partition coefficient (Wildman–Crippen LogP) is 4.26. The lowest BCUT2D eigenvalue weighted by atomic mass is 10.1. The van der Waals surface area contributed by atoms with E-state index < -0.39 is 10.0 Å². The van der Waals surface area contributed by atoms with Crippen molar-refractivity contribution in [1.82, 2.24) is 19.5 Å². The van der Waals surface area contributed by atoms with Crippen LogP contribution in [0.4, 0.5) is 11.6 Å². The van der Waals surface area contributed by atoms with Crippen LogP contribution in [0.25, 0.3) is 22.3 Å². The van der Waals surface area contributed by atoms with Gasteiger partial charge < -0.3 is 9.88 Å². The molecule has 0 aliphatic rings. The highest BCUT2D eigenvalue weighted by Gasteiger charge is 2.16. The van der Waals surface area contributed by atoms with Gasteiger partial charge in [0.05, 0.1) is 21.6 Å². The third-order valence-electron chi connectivity index (χ3n) is 4.81. The van der Waals surface area contributed by atoms with Crippen LogP contribution in [0, 0.1) is 6.92 Å². The van der Waals surface area contributed by atoms with Crippen LogP contribution in [0.3, 0.4) is 0 Å². The van der Waals surface area contributed by atoms with Crippen molar-refractivity contribution in [2.75, 3.05) is 5.32 Å². The summed E-state index contributed by atoms with van der Waals surface area (Å²) >= 11 is 6.24. The minimum absolute atomic E-state index is 0.0368. The maximum absolute atomic E-state index is 11.4. The molecule has 0 bridgehead atoms. The molecule has 0 spiro atoms. The van der Waals surface area contributed by atoms with E-state index in [1.807, 2.05) is 25.3 Å². The van der Waals surface area contributed by atoms with Gasteiger partial charge in [-0.25, -0.2) is 28.5 Å². The molecule has 160 valence electrons. The topological polar surface area (TPSA) is 116 Å². The number of hydrogen-bond donors (Lipinski definition) is 2. The summed E-state index contributed by atoms with van der Waals surface area (Å²) in [5.41, 5.74) is 5.08. The Morgan fingerprint density at radius 2 is 1.90 bits per heavy atom. The molecular weight excluding hydrogens is 436 g/mol. The molecule has 8 nitrogen and oxygen atoms in total. The Morgan fingerprint density at radius 3 is 2.58 bits per heavy atom. The van der Waals surface area contributed by atoms with Crippen LogP contribution in [-0.4, -0.2) is 27.9 Å². The first kappa shape index (κ1) is 21.2. The van der Waals surface area contributed by atoms with E-state index in [1.165, 1.54) is 12.1 Å². The van der Waals surface area contributed by atoms with Gasteiger partial charge in [-0.1, -0.05) is 18.5 Å². The van der Waals surface area contributed by atoms with Gasteiger partial charge in [0.2, 0.25) is 16.0 Å². The molecule has 3 heterocycles. The van der Waals surface area contributed by atoms with Gasteiger partial charge in [0.15, 0.2) is 0 Å². The monoisotopic (exact) mass is 456 g/mol.